The molecule has 4 rings (SSSR count). The maximum atomic E-state index is 12.8. The zero-order valence-corrected chi connectivity index (χ0v) is 15.2. The zero-order chi connectivity index (χ0) is 18.6. The van der Waals surface area contributed by atoms with Crippen molar-refractivity contribution in [1.82, 2.24) is 0 Å². The van der Waals surface area contributed by atoms with Crippen molar-refractivity contribution in [2.24, 2.45) is 0 Å². The number of hydrogen-bond donors (Lipinski definition) is 0. The fourth-order valence-corrected chi connectivity index (χ4v) is 3.33. The molecule has 1 amide bonds. The minimum absolute atomic E-state index is 0.0400. The molecule has 0 radical (unpaired) electrons. The van der Waals surface area contributed by atoms with Gasteiger partial charge in [0, 0.05) is 5.56 Å². The molecule has 0 bridgehead atoms. The molecule has 4 heteroatoms. The van der Waals surface area contributed by atoms with Crippen LogP contribution in [0.1, 0.15) is 11.1 Å². The minimum atomic E-state index is -0.0400. The first-order valence-corrected chi connectivity index (χ1v) is 8.94. The number of nitrogens with zero attached hydrogens (tertiary/aromatic N) is 1. The summed E-state index contributed by atoms with van der Waals surface area (Å²) in [6.45, 7) is 0.995. The van der Waals surface area contributed by atoms with Gasteiger partial charge in [-0.05, 0) is 34.9 Å². The van der Waals surface area contributed by atoms with Crippen LogP contribution in [0.15, 0.2) is 72.8 Å². The van der Waals surface area contributed by atoms with Crippen molar-refractivity contribution in [3.63, 3.8) is 0 Å². The highest BCUT2D eigenvalue weighted by Gasteiger charge is 2.23. The summed E-state index contributed by atoms with van der Waals surface area (Å²) in [5.41, 5.74) is 5.14. The lowest BCUT2D eigenvalue weighted by molar-refractivity contribution is -0.123. The molecule has 0 aliphatic carbocycles. The topological polar surface area (TPSA) is 38.8 Å². The highest BCUT2D eigenvalue weighted by molar-refractivity contribution is 5.96. The summed E-state index contributed by atoms with van der Waals surface area (Å²) >= 11 is 0. The molecule has 0 fully saturated rings. The van der Waals surface area contributed by atoms with Gasteiger partial charge in [0.15, 0.2) is 0 Å². The molecule has 1 heterocycles. The molecule has 3 aromatic rings. The van der Waals surface area contributed by atoms with E-state index in [1.54, 1.807) is 7.11 Å². The van der Waals surface area contributed by atoms with Gasteiger partial charge in [-0.15, -0.1) is 0 Å². The van der Waals surface area contributed by atoms with Crippen LogP contribution in [0.2, 0.25) is 0 Å². The van der Waals surface area contributed by atoms with Crippen molar-refractivity contribution in [1.29, 1.82) is 0 Å². The van der Waals surface area contributed by atoms with Gasteiger partial charge < -0.3 is 14.4 Å². The molecule has 27 heavy (non-hydrogen) atoms. The van der Waals surface area contributed by atoms with E-state index in [2.05, 4.69) is 30.3 Å². The first-order valence-electron chi connectivity index (χ1n) is 8.94. The molecule has 4 nitrogen and oxygen atoms in total. The molecular weight excluding hydrogens is 338 g/mol. The summed E-state index contributed by atoms with van der Waals surface area (Å²) in [5, 5.41) is 0. The Hall–Kier alpha value is -3.11. The highest BCUT2D eigenvalue weighted by Crippen LogP contribution is 2.32. The van der Waals surface area contributed by atoms with Crippen molar-refractivity contribution in [2.75, 3.05) is 18.6 Å². The maximum Gasteiger partial charge on any atom is 0.253 e. The number of anilines is 1. The van der Waals surface area contributed by atoms with Crippen molar-refractivity contribution in [3.05, 3.63) is 83.9 Å². The maximum absolute atomic E-state index is 12.8. The van der Waals surface area contributed by atoms with Gasteiger partial charge in [-0.2, -0.15) is 0 Å². The lowest BCUT2D eigenvalue weighted by Gasteiger charge is -2.23. The molecule has 136 valence electrons. The fraction of sp³-hybridized carbons (Fsp3) is 0.174. The van der Waals surface area contributed by atoms with Gasteiger partial charge in [-0.3, -0.25) is 4.79 Å². The lowest BCUT2D eigenvalue weighted by atomic mass is 10.0. The average Bonchev–Trinajstić information content (AvgIpc) is 2.87. The second kappa shape index (κ2) is 7.64. The van der Waals surface area contributed by atoms with Crippen molar-refractivity contribution >= 4 is 11.6 Å². The molecule has 3 aromatic carbocycles. The number of ether oxygens (including phenoxy) is 2. The number of carbonyl (C=O) groups is 1. The van der Waals surface area contributed by atoms with E-state index in [9.17, 15) is 4.79 Å². The van der Waals surface area contributed by atoms with Crippen molar-refractivity contribution < 1.29 is 14.3 Å². The van der Waals surface area contributed by atoms with Gasteiger partial charge in [0.1, 0.15) is 12.4 Å². The average molecular weight is 359 g/mol. The first-order chi connectivity index (χ1) is 13.2. The molecule has 0 aromatic heterocycles. The van der Waals surface area contributed by atoms with E-state index in [1.165, 1.54) is 0 Å². The quantitative estimate of drug-likeness (QED) is 0.692. The number of amides is 1. The number of fused-ring (bicyclic) bond motifs is 1. The van der Waals surface area contributed by atoms with Gasteiger partial charge in [0.05, 0.1) is 25.9 Å². The van der Waals surface area contributed by atoms with Crippen LogP contribution >= 0.6 is 0 Å². The number of rotatable bonds is 4. The number of methoxy groups -OCH3 is 1. The summed E-state index contributed by atoms with van der Waals surface area (Å²) in [7, 11) is 1.64. The summed E-state index contributed by atoms with van der Waals surface area (Å²) in [4.78, 5) is 14.6. The van der Waals surface area contributed by atoms with Crippen LogP contribution in [0.25, 0.3) is 11.1 Å². The predicted octanol–water partition coefficient (Wildman–Crippen LogP) is 4.43. The predicted molar refractivity (Wildman–Crippen MR) is 106 cm³/mol. The van der Waals surface area contributed by atoms with Gasteiger partial charge in [-0.1, -0.05) is 54.6 Å². The van der Waals surface area contributed by atoms with E-state index >= 15 is 0 Å². The SMILES string of the molecule is COc1cccc(CN2C(=O)COCc3ccc(-c4ccccc4)cc32)c1. The van der Waals surface area contributed by atoms with Crippen LogP contribution in [-0.4, -0.2) is 19.6 Å². The molecule has 1 aliphatic rings. The number of hydrogen-bond acceptors (Lipinski definition) is 3. The van der Waals surface area contributed by atoms with Crippen molar-refractivity contribution in [3.8, 4) is 16.9 Å². The first kappa shape index (κ1) is 17.3. The normalized spacial score (nSPS) is 13.8. The Morgan fingerprint density at radius 3 is 2.59 bits per heavy atom. The van der Waals surface area contributed by atoms with Gasteiger partial charge in [0.2, 0.25) is 0 Å². The van der Waals surface area contributed by atoms with Gasteiger partial charge >= 0.3 is 0 Å². The molecular formula is C23H21NO3. The summed E-state index contributed by atoms with van der Waals surface area (Å²) in [6, 6.07) is 24.2. The third kappa shape index (κ3) is 3.71. The Kier molecular flexibility index (Phi) is 4.90. The van der Waals surface area contributed by atoms with E-state index in [-0.39, 0.29) is 12.5 Å². The van der Waals surface area contributed by atoms with Crippen LogP contribution in [0, 0.1) is 0 Å². The molecule has 0 N–H and O–H groups in total. The molecule has 0 saturated heterocycles. The van der Waals surface area contributed by atoms with Gasteiger partial charge in [0.25, 0.3) is 5.91 Å². The summed E-state index contributed by atoms with van der Waals surface area (Å²) in [6.07, 6.45) is 0. The molecule has 0 saturated carbocycles. The van der Waals surface area contributed by atoms with E-state index < -0.39 is 0 Å². The fourth-order valence-electron chi connectivity index (χ4n) is 3.33. The zero-order valence-electron chi connectivity index (χ0n) is 15.2. The molecule has 0 atom stereocenters. The van der Waals surface area contributed by atoms with Crippen LogP contribution in [0.3, 0.4) is 0 Å². The van der Waals surface area contributed by atoms with E-state index in [0.29, 0.717) is 13.2 Å². The number of benzene rings is 3. The molecule has 0 unspecified atom stereocenters. The Balaban J connectivity index is 1.74. The van der Waals surface area contributed by atoms with E-state index in [1.807, 2.05) is 47.4 Å². The van der Waals surface area contributed by atoms with E-state index in [0.717, 1.165) is 33.7 Å². The molecule has 1 aliphatic heterocycles. The third-order valence-corrected chi connectivity index (χ3v) is 4.74. The Bertz CT molecular complexity index is 953. The summed E-state index contributed by atoms with van der Waals surface area (Å²) < 4.78 is 10.9. The van der Waals surface area contributed by atoms with Gasteiger partial charge in [-0.25, -0.2) is 0 Å². The van der Waals surface area contributed by atoms with E-state index in [4.69, 9.17) is 9.47 Å². The van der Waals surface area contributed by atoms with Crippen LogP contribution < -0.4 is 9.64 Å². The Labute approximate surface area is 159 Å². The second-order valence-corrected chi connectivity index (χ2v) is 6.53. The highest BCUT2D eigenvalue weighted by atomic mass is 16.5. The molecule has 0 spiro atoms. The standard InChI is InChI=1S/C23H21NO3/c1-26-21-9-5-6-17(12-21)14-24-22-13-19(18-7-3-2-4-8-18)10-11-20(22)15-27-16-23(24)25/h2-13H,14-16H2,1H3. The van der Waals surface area contributed by atoms with Crippen LogP contribution in [0.4, 0.5) is 5.69 Å². The summed E-state index contributed by atoms with van der Waals surface area (Å²) in [5.74, 6) is 0.742. The largest absolute Gasteiger partial charge is 0.497 e. The monoisotopic (exact) mass is 359 g/mol. The minimum Gasteiger partial charge on any atom is -0.497 e. The Morgan fingerprint density at radius 1 is 0.926 bits per heavy atom. The van der Waals surface area contributed by atoms with Crippen LogP contribution in [0.5, 0.6) is 5.75 Å². The van der Waals surface area contributed by atoms with Crippen molar-refractivity contribution in [2.45, 2.75) is 13.2 Å². The number of carbonyl (C=O) groups excluding carboxylic acids is 1. The van der Waals surface area contributed by atoms with Crippen LogP contribution in [-0.2, 0) is 22.7 Å². The Morgan fingerprint density at radius 2 is 1.78 bits per heavy atom. The lowest BCUT2D eigenvalue weighted by Crippen LogP contribution is -2.32. The third-order valence-electron chi connectivity index (χ3n) is 4.74. The second-order valence-electron chi connectivity index (χ2n) is 6.53. The smallest absolute Gasteiger partial charge is 0.253 e.